The Hall–Kier alpha value is -2.74. The number of aromatic amines is 1. The number of hydrogen-bond donors (Lipinski definition) is 2. The van der Waals surface area contributed by atoms with Crippen LogP contribution in [0.3, 0.4) is 0 Å². The number of methoxy groups -OCH3 is 1. The molecule has 2 N–H and O–H groups in total. The number of nitrogens with zero attached hydrogens (tertiary/aromatic N) is 3. The molecule has 0 bridgehead atoms. The first-order valence-corrected chi connectivity index (χ1v) is 10.5. The molecule has 1 aliphatic heterocycles. The number of likely N-dealkylation sites (tertiary alicyclic amines) is 1. The number of fused-ring (bicyclic) bond motifs is 1. The first kappa shape index (κ1) is 22.0. The highest BCUT2D eigenvalue weighted by atomic mass is 16.5. The first-order chi connectivity index (χ1) is 14.5. The average Bonchev–Trinajstić information content (AvgIpc) is 3.20. The van der Waals surface area contributed by atoms with E-state index in [1.807, 2.05) is 0 Å². The van der Waals surface area contributed by atoms with E-state index in [1.165, 1.54) is 6.08 Å². The Morgan fingerprint density at radius 3 is 3.00 bits per heavy atom. The van der Waals surface area contributed by atoms with Crippen LogP contribution < -0.4 is 5.32 Å². The second-order valence-electron chi connectivity index (χ2n) is 8.00. The summed E-state index contributed by atoms with van der Waals surface area (Å²) in [5.41, 5.74) is 2.51. The van der Waals surface area contributed by atoms with Crippen molar-refractivity contribution in [2.24, 2.45) is 11.8 Å². The van der Waals surface area contributed by atoms with Crippen LogP contribution in [0.25, 0.3) is 11.2 Å². The standard InChI is InChI=1S/C22H31N5O3/c1-5-14(3)10-25-22(29)17-12-24-21-20(17)26-16(11-23-21)9-15-7-8-27(19(28)6-2)13-18(15)30-4/h6,11-12,14-15,18H,2,5,7-10,13H2,1,3-4H3,(H,23,24)(H,25,29)/t14-,15-,18-/m1/s1. The molecule has 1 fully saturated rings. The van der Waals surface area contributed by atoms with Gasteiger partial charge in [-0.15, -0.1) is 0 Å². The third-order valence-electron chi connectivity index (χ3n) is 5.94. The number of piperidine rings is 1. The monoisotopic (exact) mass is 413 g/mol. The number of nitrogens with one attached hydrogen (secondary N) is 2. The average molecular weight is 414 g/mol. The van der Waals surface area contributed by atoms with Gasteiger partial charge in [0.2, 0.25) is 5.91 Å². The van der Waals surface area contributed by atoms with Crippen LogP contribution in [0.5, 0.6) is 0 Å². The van der Waals surface area contributed by atoms with E-state index in [4.69, 9.17) is 9.72 Å². The number of H-pyrrole nitrogens is 1. The van der Waals surface area contributed by atoms with Crippen LogP contribution >= 0.6 is 0 Å². The Morgan fingerprint density at radius 2 is 2.30 bits per heavy atom. The van der Waals surface area contributed by atoms with Crippen molar-refractivity contribution in [1.82, 2.24) is 25.2 Å². The zero-order chi connectivity index (χ0) is 21.7. The van der Waals surface area contributed by atoms with E-state index in [0.717, 1.165) is 18.5 Å². The lowest BCUT2D eigenvalue weighted by Gasteiger charge is -2.37. The Morgan fingerprint density at radius 1 is 1.50 bits per heavy atom. The minimum Gasteiger partial charge on any atom is -0.379 e. The highest BCUT2D eigenvalue weighted by molar-refractivity contribution is 6.04. The summed E-state index contributed by atoms with van der Waals surface area (Å²) in [6.07, 6.45) is 7.17. The third kappa shape index (κ3) is 4.87. The minimum absolute atomic E-state index is 0.0721. The van der Waals surface area contributed by atoms with Crippen LogP contribution in [-0.2, 0) is 16.0 Å². The summed E-state index contributed by atoms with van der Waals surface area (Å²) in [4.78, 5) is 38.5. The highest BCUT2D eigenvalue weighted by Crippen LogP contribution is 2.25. The highest BCUT2D eigenvalue weighted by Gasteiger charge is 2.31. The van der Waals surface area contributed by atoms with Gasteiger partial charge < -0.3 is 19.9 Å². The van der Waals surface area contributed by atoms with E-state index in [-0.39, 0.29) is 23.8 Å². The smallest absolute Gasteiger partial charge is 0.255 e. The van der Waals surface area contributed by atoms with Crippen LogP contribution in [0.15, 0.2) is 25.0 Å². The van der Waals surface area contributed by atoms with Gasteiger partial charge in [-0.2, -0.15) is 0 Å². The topological polar surface area (TPSA) is 100 Å². The Labute approximate surface area is 177 Å². The van der Waals surface area contributed by atoms with Gasteiger partial charge in [-0.3, -0.25) is 9.59 Å². The molecular weight excluding hydrogens is 382 g/mol. The van der Waals surface area contributed by atoms with Crippen LogP contribution in [0, 0.1) is 11.8 Å². The molecule has 0 radical (unpaired) electrons. The molecule has 30 heavy (non-hydrogen) atoms. The lowest BCUT2D eigenvalue weighted by atomic mass is 9.89. The molecule has 1 saturated heterocycles. The molecule has 3 heterocycles. The van der Waals surface area contributed by atoms with Crippen molar-refractivity contribution in [3.63, 3.8) is 0 Å². The third-order valence-corrected chi connectivity index (χ3v) is 5.94. The maximum absolute atomic E-state index is 12.6. The lowest BCUT2D eigenvalue weighted by Crippen LogP contribution is -2.47. The fourth-order valence-corrected chi connectivity index (χ4v) is 3.77. The molecule has 0 aliphatic carbocycles. The van der Waals surface area contributed by atoms with Crippen molar-refractivity contribution < 1.29 is 14.3 Å². The largest absolute Gasteiger partial charge is 0.379 e. The molecule has 0 unspecified atom stereocenters. The number of hydrogen-bond acceptors (Lipinski definition) is 5. The normalized spacial score (nSPS) is 20.2. The zero-order valence-electron chi connectivity index (χ0n) is 18.0. The van der Waals surface area contributed by atoms with Gasteiger partial charge >= 0.3 is 0 Å². The van der Waals surface area contributed by atoms with Gasteiger partial charge in [0.05, 0.1) is 23.6 Å². The van der Waals surface area contributed by atoms with Crippen LogP contribution in [0.4, 0.5) is 0 Å². The summed E-state index contributed by atoms with van der Waals surface area (Å²) in [5.74, 6) is 0.430. The molecule has 2 amide bonds. The molecule has 0 aromatic carbocycles. The molecular formula is C22H31N5O3. The summed E-state index contributed by atoms with van der Waals surface area (Å²) in [5, 5.41) is 2.97. The fourth-order valence-electron chi connectivity index (χ4n) is 3.77. The van der Waals surface area contributed by atoms with Crippen molar-refractivity contribution >= 4 is 23.0 Å². The zero-order valence-corrected chi connectivity index (χ0v) is 18.0. The molecule has 8 nitrogen and oxygen atoms in total. The number of ether oxygens (including phenoxy) is 1. The minimum atomic E-state index is -0.140. The van der Waals surface area contributed by atoms with Gasteiger partial charge in [-0.25, -0.2) is 9.97 Å². The number of rotatable bonds is 8. The number of aromatic nitrogens is 3. The Bertz CT molecular complexity index is 909. The molecule has 162 valence electrons. The van der Waals surface area contributed by atoms with E-state index in [2.05, 4.69) is 35.7 Å². The summed E-state index contributed by atoms with van der Waals surface area (Å²) in [7, 11) is 1.67. The Balaban J connectivity index is 1.73. The number of carbonyl (C=O) groups excluding carboxylic acids is 2. The van der Waals surface area contributed by atoms with Crippen molar-refractivity contribution in [1.29, 1.82) is 0 Å². The Kier molecular flexibility index (Phi) is 7.20. The molecule has 0 saturated carbocycles. The van der Waals surface area contributed by atoms with Crippen molar-refractivity contribution in [3.8, 4) is 0 Å². The lowest BCUT2D eigenvalue weighted by molar-refractivity contribution is -0.131. The summed E-state index contributed by atoms with van der Waals surface area (Å²) in [6, 6.07) is 0. The van der Waals surface area contributed by atoms with Crippen molar-refractivity contribution in [3.05, 3.63) is 36.3 Å². The van der Waals surface area contributed by atoms with E-state index in [9.17, 15) is 9.59 Å². The first-order valence-electron chi connectivity index (χ1n) is 10.5. The SMILES string of the molecule is C=CC(=O)N1CC[C@H](Cc2cnc3[nH]cc(C(=O)NC[C@H](C)CC)c3n2)[C@H](OC)C1. The van der Waals surface area contributed by atoms with Crippen molar-refractivity contribution in [2.75, 3.05) is 26.7 Å². The maximum atomic E-state index is 12.6. The molecule has 0 spiro atoms. The summed E-state index contributed by atoms with van der Waals surface area (Å²) in [6.45, 7) is 9.60. The molecule has 3 atom stereocenters. The fraction of sp³-hybridized carbons (Fsp3) is 0.545. The van der Waals surface area contributed by atoms with Gasteiger partial charge in [-0.1, -0.05) is 26.8 Å². The molecule has 2 aromatic rings. The number of amides is 2. The second-order valence-corrected chi connectivity index (χ2v) is 8.00. The molecule has 8 heteroatoms. The van der Waals surface area contributed by atoms with Gasteiger partial charge in [-0.05, 0) is 30.8 Å². The molecule has 3 rings (SSSR count). The van der Waals surface area contributed by atoms with Gasteiger partial charge in [0.15, 0.2) is 5.65 Å². The van der Waals surface area contributed by atoms with Gasteiger partial charge in [0, 0.05) is 32.9 Å². The van der Waals surface area contributed by atoms with E-state index in [0.29, 0.717) is 48.7 Å². The summed E-state index contributed by atoms with van der Waals surface area (Å²) >= 11 is 0. The van der Waals surface area contributed by atoms with E-state index in [1.54, 1.807) is 24.4 Å². The quantitative estimate of drug-likeness (QED) is 0.647. The van der Waals surface area contributed by atoms with Crippen LogP contribution in [0.1, 0.15) is 42.7 Å². The maximum Gasteiger partial charge on any atom is 0.255 e. The summed E-state index contributed by atoms with van der Waals surface area (Å²) < 4.78 is 5.65. The van der Waals surface area contributed by atoms with Crippen LogP contribution in [0.2, 0.25) is 0 Å². The molecule has 1 aliphatic rings. The van der Waals surface area contributed by atoms with E-state index >= 15 is 0 Å². The van der Waals surface area contributed by atoms with E-state index < -0.39 is 0 Å². The predicted octanol–water partition coefficient (Wildman–Crippen LogP) is 2.33. The van der Waals surface area contributed by atoms with Gasteiger partial charge in [0.1, 0.15) is 5.52 Å². The molecule has 2 aromatic heterocycles. The predicted molar refractivity (Wildman–Crippen MR) is 115 cm³/mol. The second kappa shape index (κ2) is 9.84. The van der Waals surface area contributed by atoms with Gasteiger partial charge in [0.25, 0.3) is 5.91 Å². The number of carbonyl (C=O) groups is 2. The van der Waals surface area contributed by atoms with Crippen molar-refractivity contribution in [2.45, 2.75) is 39.2 Å². The van der Waals surface area contributed by atoms with Crippen LogP contribution in [-0.4, -0.2) is 64.5 Å².